The molecule has 5 rings (SSSR count). The summed E-state index contributed by atoms with van der Waals surface area (Å²) >= 11 is 6.66. The quantitative estimate of drug-likeness (QED) is 0.354. The van der Waals surface area contributed by atoms with Gasteiger partial charge >= 0.3 is 0 Å². The highest BCUT2D eigenvalue weighted by atomic mass is 35.5. The van der Waals surface area contributed by atoms with E-state index in [1.54, 1.807) is 17.1 Å². The van der Waals surface area contributed by atoms with Crippen LogP contribution in [0, 0.1) is 11.3 Å². The Hall–Kier alpha value is -3.08. The van der Waals surface area contributed by atoms with Crippen LogP contribution >= 0.6 is 11.6 Å². The molecule has 1 saturated carbocycles. The predicted molar refractivity (Wildman–Crippen MR) is 157 cm³/mol. The first-order chi connectivity index (χ1) is 19.5. The van der Waals surface area contributed by atoms with Crippen LogP contribution in [0.3, 0.4) is 0 Å². The number of piperidine rings is 1. The number of halogens is 1. The molecule has 2 fully saturated rings. The molecule has 3 aromatic rings. The lowest BCUT2D eigenvalue weighted by Gasteiger charge is -2.33. The minimum absolute atomic E-state index is 0.0244. The van der Waals surface area contributed by atoms with Gasteiger partial charge in [0.2, 0.25) is 16.0 Å². The molecule has 218 valence electrons. The van der Waals surface area contributed by atoms with E-state index in [9.17, 15) is 18.8 Å². The fourth-order valence-corrected chi connectivity index (χ4v) is 6.56. The number of nitrogens with one attached hydrogen (secondary N) is 2. The van der Waals surface area contributed by atoms with Crippen molar-refractivity contribution < 1.29 is 13.5 Å². The minimum Gasteiger partial charge on any atom is -0.390 e. The Morgan fingerprint density at radius 3 is 2.56 bits per heavy atom. The minimum atomic E-state index is -3.20. The number of benzene rings is 1. The van der Waals surface area contributed by atoms with Gasteiger partial charge in [0, 0.05) is 43.5 Å². The van der Waals surface area contributed by atoms with Gasteiger partial charge in [-0.15, -0.1) is 0 Å². The molecule has 0 radical (unpaired) electrons. The molecule has 1 aromatic carbocycles. The molecule has 2 aromatic heterocycles. The zero-order valence-corrected chi connectivity index (χ0v) is 24.8. The van der Waals surface area contributed by atoms with E-state index in [-0.39, 0.29) is 6.04 Å². The first kappa shape index (κ1) is 29.4. The lowest BCUT2D eigenvalue weighted by atomic mass is 9.83. The molecule has 0 unspecified atom stereocenters. The monoisotopic (exact) mass is 598 g/mol. The number of rotatable bonds is 8. The molecular weight excluding hydrogens is 564 g/mol. The number of sulfonamides is 1. The van der Waals surface area contributed by atoms with Crippen LogP contribution in [-0.4, -0.2) is 74.6 Å². The van der Waals surface area contributed by atoms with Crippen LogP contribution in [0.2, 0.25) is 5.02 Å². The Labute approximate surface area is 245 Å². The van der Waals surface area contributed by atoms with Gasteiger partial charge in [0.15, 0.2) is 0 Å². The predicted octanol–water partition coefficient (Wildman–Crippen LogP) is 3.47. The van der Waals surface area contributed by atoms with Gasteiger partial charge in [0.1, 0.15) is 6.07 Å². The Bertz CT molecular complexity index is 1530. The normalized spacial score (nSPS) is 22.4. The van der Waals surface area contributed by atoms with E-state index in [1.807, 2.05) is 25.1 Å². The van der Waals surface area contributed by atoms with Gasteiger partial charge in [-0.05, 0) is 63.1 Å². The largest absolute Gasteiger partial charge is 0.390 e. The first-order valence-corrected chi connectivity index (χ1v) is 16.0. The molecule has 0 spiro atoms. The summed E-state index contributed by atoms with van der Waals surface area (Å²) in [5, 5.41) is 31.7. The molecule has 1 aliphatic heterocycles. The topological polar surface area (TPSA) is 149 Å². The highest BCUT2D eigenvalue weighted by Crippen LogP contribution is 2.29. The van der Waals surface area contributed by atoms with E-state index >= 15 is 0 Å². The zero-order chi connectivity index (χ0) is 29.2. The Kier molecular flexibility index (Phi) is 8.63. The Balaban J connectivity index is 1.26. The highest BCUT2D eigenvalue weighted by molar-refractivity contribution is 7.88. The van der Waals surface area contributed by atoms with Gasteiger partial charge in [-0.3, -0.25) is 0 Å². The molecule has 2 aliphatic rings. The maximum atomic E-state index is 11.8. The second-order valence-corrected chi connectivity index (χ2v) is 13.6. The molecule has 13 heteroatoms. The van der Waals surface area contributed by atoms with E-state index in [4.69, 9.17) is 11.6 Å². The number of nitriles is 1. The second-order valence-electron chi connectivity index (χ2n) is 11.3. The van der Waals surface area contributed by atoms with Gasteiger partial charge in [-0.2, -0.15) is 10.4 Å². The summed E-state index contributed by atoms with van der Waals surface area (Å²) in [6, 6.07) is 8.41. The molecule has 0 amide bonds. The molecule has 3 heterocycles. The summed E-state index contributed by atoms with van der Waals surface area (Å²) in [4.78, 5) is 8.91. The van der Waals surface area contributed by atoms with Crippen molar-refractivity contribution in [1.29, 1.82) is 5.26 Å². The fraction of sp³-hybridized carbons (Fsp3) is 0.500. The molecule has 1 aliphatic carbocycles. The first-order valence-electron chi connectivity index (χ1n) is 13.8. The molecular formula is C28H35ClN8O3S. The maximum Gasteiger partial charge on any atom is 0.223 e. The van der Waals surface area contributed by atoms with E-state index in [2.05, 4.69) is 31.8 Å². The van der Waals surface area contributed by atoms with Gasteiger partial charge in [-0.25, -0.2) is 27.4 Å². The van der Waals surface area contributed by atoms with E-state index < -0.39 is 15.6 Å². The van der Waals surface area contributed by atoms with E-state index in [0.29, 0.717) is 72.0 Å². The number of aliphatic hydroxyl groups is 1. The van der Waals surface area contributed by atoms with Crippen LogP contribution in [0.4, 0.5) is 5.95 Å². The summed E-state index contributed by atoms with van der Waals surface area (Å²) in [7, 11) is -3.20. The smallest absolute Gasteiger partial charge is 0.223 e. The van der Waals surface area contributed by atoms with E-state index in [1.165, 1.54) is 16.8 Å². The van der Waals surface area contributed by atoms with Crippen molar-refractivity contribution in [2.75, 3.05) is 24.7 Å². The van der Waals surface area contributed by atoms with Crippen LogP contribution in [0.15, 0.2) is 36.8 Å². The standard InChI is InChI=1S/C28H35ClN8O3S/c1-28(38)9-5-22(6-10-28)31-15-19-3-4-25(24(29)13-19)37-18-21(17-33-37)26-20(14-30)16-32-27(35-26)34-23-7-11-36(12-8-23)41(2,39)40/h3-4,13,16-18,22-23,31,38H,5-12,15H2,1-2H3,(H,32,34,35)/t22-,28+. The van der Waals surface area contributed by atoms with Crippen molar-refractivity contribution in [3.63, 3.8) is 0 Å². The summed E-state index contributed by atoms with van der Waals surface area (Å²) in [5.74, 6) is 0.376. The second kappa shape index (κ2) is 12.0. The fourth-order valence-electron chi connectivity index (χ4n) is 5.40. The molecule has 1 saturated heterocycles. The van der Waals surface area contributed by atoms with Crippen LogP contribution < -0.4 is 10.6 Å². The average molecular weight is 599 g/mol. The van der Waals surface area contributed by atoms with Crippen LogP contribution in [0.1, 0.15) is 56.6 Å². The van der Waals surface area contributed by atoms with Crippen molar-refractivity contribution in [3.8, 4) is 23.0 Å². The van der Waals surface area contributed by atoms with Crippen molar-refractivity contribution >= 4 is 27.6 Å². The lowest BCUT2D eigenvalue weighted by Crippen LogP contribution is -2.42. The van der Waals surface area contributed by atoms with Crippen LogP contribution in [0.5, 0.6) is 0 Å². The van der Waals surface area contributed by atoms with Crippen molar-refractivity contribution in [2.45, 2.75) is 69.7 Å². The third-order valence-corrected chi connectivity index (χ3v) is 9.54. The average Bonchev–Trinajstić information content (AvgIpc) is 3.42. The SMILES string of the molecule is CS(=O)(=O)N1CCC(Nc2ncc(C#N)c(-c3cnn(-c4ccc(CN[C@H]5CC[C@@](C)(O)CC5)cc4Cl)c3)n2)CC1. The molecule has 11 nitrogen and oxygen atoms in total. The number of hydrogen-bond donors (Lipinski definition) is 3. The summed E-state index contributed by atoms with van der Waals surface area (Å²) < 4.78 is 26.7. The lowest BCUT2D eigenvalue weighted by molar-refractivity contribution is 0.0140. The summed E-state index contributed by atoms with van der Waals surface area (Å²) in [6.07, 6.45) is 10.9. The maximum absolute atomic E-state index is 11.8. The van der Waals surface area contributed by atoms with Gasteiger partial charge in [0.25, 0.3) is 0 Å². The molecule has 0 bridgehead atoms. The highest BCUT2D eigenvalue weighted by Gasteiger charge is 2.28. The van der Waals surface area contributed by atoms with Crippen LogP contribution in [0.25, 0.3) is 16.9 Å². The zero-order valence-electron chi connectivity index (χ0n) is 23.2. The molecule has 0 atom stereocenters. The summed E-state index contributed by atoms with van der Waals surface area (Å²) in [6.45, 7) is 3.46. The summed E-state index contributed by atoms with van der Waals surface area (Å²) in [5.41, 5.74) is 2.63. The van der Waals surface area contributed by atoms with Crippen molar-refractivity contribution in [2.24, 2.45) is 0 Å². The third kappa shape index (κ3) is 7.23. The third-order valence-electron chi connectivity index (χ3n) is 7.94. The molecule has 41 heavy (non-hydrogen) atoms. The van der Waals surface area contributed by atoms with Crippen molar-refractivity contribution in [1.82, 2.24) is 29.4 Å². The van der Waals surface area contributed by atoms with Gasteiger partial charge in [0.05, 0.1) is 46.2 Å². The number of hydrogen-bond acceptors (Lipinski definition) is 9. The van der Waals surface area contributed by atoms with Gasteiger partial charge < -0.3 is 15.7 Å². The number of nitrogens with zero attached hydrogens (tertiary/aromatic N) is 6. The van der Waals surface area contributed by atoms with E-state index in [0.717, 1.165) is 31.2 Å². The molecule has 3 N–H and O–H groups in total. The number of anilines is 1. The Morgan fingerprint density at radius 2 is 1.90 bits per heavy atom. The van der Waals surface area contributed by atoms with Gasteiger partial charge in [-0.1, -0.05) is 17.7 Å². The number of aromatic nitrogens is 4. The van der Waals surface area contributed by atoms with Crippen LogP contribution in [-0.2, 0) is 16.6 Å². The Morgan fingerprint density at radius 1 is 1.17 bits per heavy atom. The van der Waals surface area contributed by atoms with Crippen molar-refractivity contribution in [3.05, 3.63) is 52.9 Å².